The number of hydrogen-bond donors (Lipinski definition) is 0. The van der Waals surface area contributed by atoms with Crippen LogP contribution in [0, 0.1) is 5.41 Å². The van der Waals surface area contributed by atoms with E-state index in [0.29, 0.717) is 0 Å². The zero-order valence-corrected chi connectivity index (χ0v) is 13.4. The quantitative estimate of drug-likeness (QED) is 0.691. The van der Waals surface area contributed by atoms with E-state index in [-0.39, 0.29) is 12.0 Å². The Morgan fingerprint density at radius 1 is 1.15 bits per heavy atom. The van der Waals surface area contributed by atoms with Crippen molar-refractivity contribution in [2.75, 3.05) is 13.7 Å². The van der Waals surface area contributed by atoms with E-state index in [4.69, 9.17) is 14.2 Å². The molecular weight excluding hydrogens is 262 g/mol. The molecule has 0 aromatic rings. The van der Waals surface area contributed by atoms with Gasteiger partial charge in [-0.3, -0.25) is 4.90 Å². The van der Waals surface area contributed by atoms with Gasteiger partial charge in [-0.25, -0.2) is 9.59 Å². The van der Waals surface area contributed by atoms with Crippen LogP contribution in [0.15, 0.2) is 0 Å². The average molecular weight is 287 g/mol. The van der Waals surface area contributed by atoms with Crippen molar-refractivity contribution in [2.24, 2.45) is 5.41 Å². The van der Waals surface area contributed by atoms with E-state index in [1.807, 2.05) is 20.8 Å². The fourth-order valence-electron chi connectivity index (χ4n) is 2.03. The predicted molar refractivity (Wildman–Crippen MR) is 73.1 cm³/mol. The minimum absolute atomic E-state index is 0.119. The van der Waals surface area contributed by atoms with Crippen LogP contribution in [-0.2, 0) is 19.0 Å². The van der Waals surface area contributed by atoms with Crippen molar-refractivity contribution >= 4 is 12.1 Å². The number of rotatable bonds is 1. The van der Waals surface area contributed by atoms with Gasteiger partial charge in [0, 0.05) is 5.41 Å². The number of methoxy groups -OCH3 is 1. The maximum atomic E-state index is 12.4. The van der Waals surface area contributed by atoms with Gasteiger partial charge in [-0.2, -0.15) is 0 Å². The van der Waals surface area contributed by atoms with Gasteiger partial charge in [-0.05, 0) is 20.8 Å². The van der Waals surface area contributed by atoms with Gasteiger partial charge < -0.3 is 14.2 Å². The van der Waals surface area contributed by atoms with Crippen molar-refractivity contribution in [3.05, 3.63) is 0 Å². The SMILES string of the molecule is COC(=O)[C@@H]1CO[C@H](C(C)(C)C)N1C(=O)OC(C)(C)C. The smallest absolute Gasteiger partial charge is 0.413 e. The summed E-state index contributed by atoms with van der Waals surface area (Å²) in [5, 5.41) is 0. The Hall–Kier alpha value is -1.30. The fourth-order valence-corrected chi connectivity index (χ4v) is 2.03. The Morgan fingerprint density at radius 3 is 2.10 bits per heavy atom. The monoisotopic (exact) mass is 287 g/mol. The summed E-state index contributed by atoms with van der Waals surface area (Å²) >= 11 is 0. The average Bonchev–Trinajstić information content (AvgIpc) is 2.69. The Morgan fingerprint density at radius 2 is 1.70 bits per heavy atom. The highest BCUT2D eigenvalue weighted by Gasteiger charge is 2.48. The first-order valence-corrected chi connectivity index (χ1v) is 6.68. The molecule has 0 spiro atoms. The number of esters is 1. The van der Waals surface area contributed by atoms with Crippen LogP contribution < -0.4 is 0 Å². The molecule has 1 aliphatic heterocycles. The number of ether oxygens (including phenoxy) is 3. The third-order valence-corrected chi connectivity index (χ3v) is 2.82. The van der Waals surface area contributed by atoms with Crippen molar-refractivity contribution in [3.63, 3.8) is 0 Å². The molecule has 1 amide bonds. The zero-order chi connectivity index (χ0) is 15.7. The van der Waals surface area contributed by atoms with E-state index in [1.54, 1.807) is 20.8 Å². The standard InChI is InChI=1S/C14H25NO5/c1-13(2,3)11-15(12(17)20-14(4,5)6)9(8-19-11)10(16)18-7/h9,11H,8H2,1-7H3/t9-,11+/m0/s1. The molecule has 116 valence electrons. The van der Waals surface area contributed by atoms with Gasteiger partial charge in [0.25, 0.3) is 0 Å². The first-order chi connectivity index (χ1) is 8.97. The van der Waals surface area contributed by atoms with Crippen LogP contribution in [0.4, 0.5) is 4.79 Å². The number of nitrogens with zero attached hydrogens (tertiary/aromatic N) is 1. The minimum atomic E-state index is -0.765. The summed E-state index contributed by atoms with van der Waals surface area (Å²) in [6.45, 7) is 11.3. The van der Waals surface area contributed by atoms with Crippen LogP contribution in [0.25, 0.3) is 0 Å². The lowest BCUT2D eigenvalue weighted by Gasteiger charge is -2.35. The Bertz CT molecular complexity index is 380. The summed E-state index contributed by atoms with van der Waals surface area (Å²) in [5.41, 5.74) is -0.970. The molecule has 0 aromatic carbocycles. The Labute approximate surface area is 120 Å². The molecular formula is C14H25NO5. The van der Waals surface area contributed by atoms with Crippen LogP contribution in [0.3, 0.4) is 0 Å². The molecule has 6 nitrogen and oxygen atoms in total. The van der Waals surface area contributed by atoms with Crippen molar-refractivity contribution in [1.82, 2.24) is 4.90 Å². The summed E-state index contributed by atoms with van der Waals surface area (Å²) in [5.74, 6) is -0.498. The third kappa shape index (κ3) is 3.85. The van der Waals surface area contributed by atoms with Crippen molar-refractivity contribution < 1.29 is 23.8 Å². The minimum Gasteiger partial charge on any atom is -0.467 e. The van der Waals surface area contributed by atoms with Crippen LogP contribution in [0.1, 0.15) is 41.5 Å². The van der Waals surface area contributed by atoms with Gasteiger partial charge in [0.05, 0.1) is 13.7 Å². The fraction of sp³-hybridized carbons (Fsp3) is 0.857. The molecule has 2 atom stereocenters. The largest absolute Gasteiger partial charge is 0.467 e. The summed E-state index contributed by atoms with van der Waals surface area (Å²) in [6, 6.07) is -0.765. The van der Waals surface area contributed by atoms with E-state index in [9.17, 15) is 9.59 Å². The Kier molecular flexibility index (Phi) is 4.69. The Balaban J connectivity index is 3.02. The van der Waals surface area contributed by atoms with Gasteiger partial charge in [0.1, 0.15) is 11.8 Å². The van der Waals surface area contributed by atoms with Gasteiger partial charge in [-0.15, -0.1) is 0 Å². The van der Waals surface area contributed by atoms with Gasteiger partial charge in [0.15, 0.2) is 6.04 Å². The second-order valence-corrected chi connectivity index (χ2v) is 6.98. The number of hydrogen-bond acceptors (Lipinski definition) is 5. The molecule has 0 bridgehead atoms. The molecule has 1 heterocycles. The second kappa shape index (κ2) is 5.60. The van der Waals surface area contributed by atoms with Crippen molar-refractivity contribution in [2.45, 2.75) is 59.4 Å². The lowest BCUT2D eigenvalue weighted by atomic mass is 9.93. The predicted octanol–water partition coefficient (Wildman–Crippen LogP) is 2.17. The van der Waals surface area contributed by atoms with Gasteiger partial charge in [0.2, 0.25) is 0 Å². The molecule has 0 radical (unpaired) electrons. The summed E-state index contributed by atoms with van der Waals surface area (Å²) < 4.78 is 15.7. The lowest BCUT2D eigenvalue weighted by Crippen LogP contribution is -2.51. The molecule has 1 aliphatic rings. The molecule has 0 N–H and O–H groups in total. The highest BCUT2D eigenvalue weighted by molar-refractivity contribution is 5.82. The lowest BCUT2D eigenvalue weighted by molar-refractivity contribution is -0.146. The zero-order valence-electron chi connectivity index (χ0n) is 13.4. The molecule has 1 saturated heterocycles. The summed E-state index contributed by atoms with van der Waals surface area (Å²) in [4.78, 5) is 25.5. The van der Waals surface area contributed by atoms with Crippen molar-refractivity contribution in [3.8, 4) is 0 Å². The second-order valence-electron chi connectivity index (χ2n) is 6.98. The van der Waals surface area contributed by atoms with Crippen molar-refractivity contribution in [1.29, 1.82) is 0 Å². The molecule has 0 aliphatic carbocycles. The first kappa shape index (κ1) is 16.8. The van der Waals surface area contributed by atoms with Crippen LogP contribution in [-0.4, -0.2) is 48.5 Å². The van der Waals surface area contributed by atoms with E-state index in [1.165, 1.54) is 12.0 Å². The normalized spacial score (nSPS) is 23.6. The molecule has 20 heavy (non-hydrogen) atoms. The number of carbonyl (C=O) groups is 2. The molecule has 1 fully saturated rings. The highest BCUT2D eigenvalue weighted by atomic mass is 16.6. The molecule has 0 aromatic heterocycles. The summed E-state index contributed by atoms with van der Waals surface area (Å²) in [7, 11) is 1.29. The molecule has 6 heteroatoms. The summed E-state index contributed by atoms with van der Waals surface area (Å²) in [6.07, 6.45) is -1.09. The number of carbonyl (C=O) groups excluding carboxylic acids is 2. The maximum absolute atomic E-state index is 12.4. The van der Waals surface area contributed by atoms with Gasteiger partial charge in [-0.1, -0.05) is 20.8 Å². The van der Waals surface area contributed by atoms with Crippen LogP contribution in [0.5, 0.6) is 0 Å². The van der Waals surface area contributed by atoms with Gasteiger partial charge >= 0.3 is 12.1 Å². The number of amides is 1. The van der Waals surface area contributed by atoms with Crippen LogP contribution in [0.2, 0.25) is 0 Å². The third-order valence-electron chi connectivity index (χ3n) is 2.82. The maximum Gasteiger partial charge on any atom is 0.413 e. The van der Waals surface area contributed by atoms with E-state index in [0.717, 1.165) is 0 Å². The van der Waals surface area contributed by atoms with Crippen LogP contribution >= 0.6 is 0 Å². The first-order valence-electron chi connectivity index (χ1n) is 6.68. The molecule has 1 rings (SSSR count). The molecule has 0 saturated carbocycles. The molecule has 0 unspecified atom stereocenters. The van der Waals surface area contributed by atoms with E-state index < -0.39 is 29.9 Å². The highest BCUT2D eigenvalue weighted by Crippen LogP contribution is 2.33. The topological polar surface area (TPSA) is 65.1 Å². The van der Waals surface area contributed by atoms with E-state index >= 15 is 0 Å². The van der Waals surface area contributed by atoms with E-state index in [2.05, 4.69) is 0 Å².